The van der Waals surface area contributed by atoms with Crippen LogP contribution in [0.5, 0.6) is 5.75 Å². The van der Waals surface area contributed by atoms with Crippen LogP contribution in [0.4, 0.5) is 5.82 Å². The predicted molar refractivity (Wildman–Crippen MR) is 88.0 cm³/mol. The highest BCUT2D eigenvalue weighted by Gasteiger charge is 2.41. The van der Waals surface area contributed by atoms with E-state index in [4.69, 9.17) is 9.47 Å². The molecule has 2 unspecified atom stereocenters. The van der Waals surface area contributed by atoms with Crippen molar-refractivity contribution in [2.24, 2.45) is 5.92 Å². The molecular formula is C17H18N4O4. The van der Waals surface area contributed by atoms with Gasteiger partial charge in [-0.1, -0.05) is 0 Å². The number of hydrogen-bond donors (Lipinski definition) is 0. The average Bonchev–Trinajstić information content (AvgIpc) is 2.68. The first-order chi connectivity index (χ1) is 12.1. The van der Waals surface area contributed by atoms with E-state index >= 15 is 0 Å². The molecule has 0 aliphatic carbocycles. The normalized spacial score (nSPS) is 20.2. The van der Waals surface area contributed by atoms with Gasteiger partial charge in [-0.25, -0.2) is 9.97 Å². The highest BCUT2D eigenvalue weighted by atomic mass is 16.5. The van der Waals surface area contributed by atoms with Gasteiger partial charge in [-0.05, 0) is 18.2 Å². The van der Waals surface area contributed by atoms with E-state index in [2.05, 4.69) is 15.0 Å². The Morgan fingerprint density at radius 3 is 2.68 bits per heavy atom. The van der Waals surface area contributed by atoms with E-state index in [0.29, 0.717) is 17.3 Å². The molecule has 1 aliphatic rings. The summed E-state index contributed by atoms with van der Waals surface area (Å²) in [5.74, 6) is -0.362. The topological polar surface area (TPSA) is 94.5 Å². The number of methoxy groups -OCH3 is 2. The maximum atomic E-state index is 12.5. The third kappa shape index (κ3) is 3.42. The molecule has 0 N–H and O–H groups in total. The van der Waals surface area contributed by atoms with Gasteiger partial charge < -0.3 is 9.47 Å². The van der Waals surface area contributed by atoms with Crippen molar-refractivity contribution in [1.29, 1.82) is 0 Å². The quantitative estimate of drug-likeness (QED) is 0.770. The summed E-state index contributed by atoms with van der Waals surface area (Å²) in [6, 6.07) is 5.24. The molecule has 0 spiro atoms. The van der Waals surface area contributed by atoms with Crippen molar-refractivity contribution in [2.45, 2.75) is 12.3 Å². The van der Waals surface area contributed by atoms with E-state index in [0.717, 1.165) is 0 Å². The van der Waals surface area contributed by atoms with Crippen LogP contribution >= 0.6 is 0 Å². The number of aromatic nitrogens is 3. The van der Waals surface area contributed by atoms with E-state index in [1.165, 1.54) is 13.4 Å². The molecule has 1 fully saturated rings. The van der Waals surface area contributed by atoms with Gasteiger partial charge in [-0.2, -0.15) is 0 Å². The van der Waals surface area contributed by atoms with Gasteiger partial charge in [0.15, 0.2) is 0 Å². The fourth-order valence-corrected chi connectivity index (χ4v) is 2.96. The van der Waals surface area contributed by atoms with Gasteiger partial charge in [0.05, 0.1) is 26.3 Å². The van der Waals surface area contributed by atoms with Crippen LogP contribution in [-0.2, 0) is 14.3 Å². The van der Waals surface area contributed by atoms with Crippen LogP contribution in [0.3, 0.4) is 0 Å². The average molecular weight is 342 g/mol. The minimum absolute atomic E-state index is 0.0368. The molecule has 2 aromatic heterocycles. The molecule has 0 aromatic carbocycles. The second-order valence-electron chi connectivity index (χ2n) is 5.64. The molecule has 2 atom stereocenters. The molecule has 0 saturated carbocycles. The van der Waals surface area contributed by atoms with Crippen LogP contribution in [0.1, 0.15) is 18.0 Å². The smallest absolute Gasteiger partial charge is 0.309 e. The van der Waals surface area contributed by atoms with Crippen molar-refractivity contribution in [3.8, 4) is 5.75 Å². The molecule has 1 amide bonds. The second kappa shape index (κ2) is 7.25. The molecule has 2 aromatic rings. The van der Waals surface area contributed by atoms with Crippen molar-refractivity contribution < 1.29 is 19.1 Å². The lowest BCUT2D eigenvalue weighted by Crippen LogP contribution is -2.46. The first-order valence-electron chi connectivity index (χ1n) is 7.78. The van der Waals surface area contributed by atoms with Crippen molar-refractivity contribution >= 4 is 17.7 Å². The summed E-state index contributed by atoms with van der Waals surface area (Å²) in [5.41, 5.74) is 0.697. The largest absolute Gasteiger partial charge is 0.495 e. The highest BCUT2D eigenvalue weighted by molar-refractivity contribution is 5.96. The van der Waals surface area contributed by atoms with Crippen LogP contribution in [0.15, 0.2) is 36.9 Å². The Labute approximate surface area is 144 Å². The van der Waals surface area contributed by atoms with Crippen LogP contribution in [-0.4, -0.2) is 47.6 Å². The highest BCUT2D eigenvalue weighted by Crippen LogP contribution is 2.35. The predicted octanol–water partition coefficient (Wildman–Crippen LogP) is 1.19. The Morgan fingerprint density at radius 1 is 1.24 bits per heavy atom. The molecule has 0 bridgehead atoms. The van der Waals surface area contributed by atoms with Gasteiger partial charge >= 0.3 is 5.97 Å². The monoisotopic (exact) mass is 342 g/mol. The van der Waals surface area contributed by atoms with Gasteiger partial charge in [0.2, 0.25) is 5.91 Å². The Hall–Kier alpha value is -3.03. The lowest BCUT2D eigenvalue weighted by atomic mass is 9.82. The number of amides is 1. The minimum atomic E-state index is -0.587. The van der Waals surface area contributed by atoms with E-state index < -0.39 is 11.9 Å². The molecule has 8 heteroatoms. The molecule has 3 heterocycles. The number of carbonyl (C=O) groups is 2. The Kier molecular flexibility index (Phi) is 4.87. The maximum Gasteiger partial charge on any atom is 0.309 e. The van der Waals surface area contributed by atoms with Gasteiger partial charge in [-0.3, -0.25) is 19.5 Å². The SMILES string of the molecule is COC(=O)C1CC(=O)N(c2ccncn2)CC1c1ccc(OC)cn1. The Balaban J connectivity index is 1.94. The van der Waals surface area contributed by atoms with E-state index in [1.807, 2.05) is 0 Å². The van der Waals surface area contributed by atoms with Crippen LogP contribution < -0.4 is 9.64 Å². The van der Waals surface area contributed by atoms with Crippen molar-refractivity contribution in [1.82, 2.24) is 15.0 Å². The standard InChI is InChI=1S/C17H18N4O4/c1-24-11-3-4-14(19-8-11)13-9-21(15-5-6-18-10-20-15)16(22)7-12(13)17(23)25-2/h3-6,8,10,12-13H,7,9H2,1-2H3. The minimum Gasteiger partial charge on any atom is -0.495 e. The molecule has 1 saturated heterocycles. The molecule has 130 valence electrons. The summed E-state index contributed by atoms with van der Waals surface area (Å²) in [7, 11) is 2.88. The summed E-state index contributed by atoms with van der Waals surface area (Å²) in [6.07, 6.45) is 4.59. The van der Waals surface area contributed by atoms with Crippen molar-refractivity contribution in [2.75, 3.05) is 25.7 Å². The number of nitrogens with zero attached hydrogens (tertiary/aromatic N) is 4. The zero-order valence-electron chi connectivity index (χ0n) is 14.0. The zero-order chi connectivity index (χ0) is 17.8. The lowest BCUT2D eigenvalue weighted by molar-refractivity contribution is -0.149. The first kappa shape index (κ1) is 16.8. The summed E-state index contributed by atoms with van der Waals surface area (Å²) in [4.78, 5) is 38.7. The van der Waals surface area contributed by atoms with Gasteiger partial charge in [0.1, 0.15) is 17.9 Å². The Morgan fingerprint density at radius 2 is 2.08 bits per heavy atom. The summed E-state index contributed by atoms with van der Waals surface area (Å²) >= 11 is 0. The summed E-state index contributed by atoms with van der Waals surface area (Å²) in [5, 5.41) is 0. The number of ether oxygens (including phenoxy) is 2. The molecule has 25 heavy (non-hydrogen) atoms. The van der Waals surface area contributed by atoms with Crippen molar-refractivity contribution in [3.63, 3.8) is 0 Å². The van der Waals surface area contributed by atoms with Gasteiger partial charge in [0, 0.05) is 30.8 Å². The Bertz CT molecular complexity index is 751. The summed E-state index contributed by atoms with van der Waals surface area (Å²) < 4.78 is 10.0. The van der Waals surface area contributed by atoms with Gasteiger partial charge in [0.25, 0.3) is 0 Å². The number of pyridine rings is 1. The second-order valence-corrected chi connectivity index (χ2v) is 5.64. The van der Waals surface area contributed by atoms with E-state index in [9.17, 15) is 9.59 Å². The van der Waals surface area contributed by atoms with E-state index in [-0.39, 0.29) is 24.8 Å². The lowest BCUT2D eigenvalue weighted by Gasteiger charge is -2.36. The third-order valence-corrected chi connectivity index (χ3v) is 4.28. The van der Waals surface area contributed by atoms with Gasteiger partial charge in [-0.15, -0.1) is 0 Å². The number of rotatable bonds is 4. The molecule has 3 rings (SSSR count). The fraction of sp³-hybridized carbons (Fsp3) is 0.353. The van der Waals surface area contributed by atoms with Crippen molar-refractivity contribution in [3.05, 3.63) is 42.6 Å². The molecule has 1 aliphatic heterocycles. The maximum absolute atomic E-state index is 12.5. The third-order valence-electron chi connectivity index (χ3n) is 4.28. The number of esters is 1. The van der Waals surface area contributed by atoms with Crippen LogP contribution in [0.25, 0.3) is 0 Å². The van der Waals surface area contributed by atoms with Crippen LogP contribution in [0.2, 0.25) is 0 Å². The molecule has 0 radical (unpaired) electrons. The number of hydrogen-bond acceptors (Lipinski definition) is 7. The number of piperidine rings is 1. The van der Waals surface area contributed by atoms with Crippen LogP contribution in [0, 0.1) is 5.92 Å². The fourth-order valence-electron chi connectivity index (χ4n) is 2.96. The number of anilines is 1. The number of carbonyl (C=O) groups excluding carboxylic acids is 2. The molecular weight excluding hydrogens is 324 g/mol. The molecule has 8 nitrogen and oxygen atoms in total. The van der Waals surface area contributed by atoms with E-state index in [1.54, 1.807) is 42.6 Å². The first-order valence-corrected chi connectivity index (χ1v) is 7.78. The zero-order valence-corrected chi connectivity index (χ0v) is 14.0. The summed E-state index contributed by atoms with van der Waals surface area (Å²) in [6.45, 7) is 0.287.